The van der Waals surface area contributed by atoms with Crippen LogP contribution in [0, 0.1) is 0 Å². The SMILES string of the molecule is COc1ccc(OC)c(NC(=O)CCc2nc(-c3ccccc3)c(-c3ccccc3)o2)c1. The van der Waals surface area contributed by atoms with Crippen molar-refractivity contribution in [1.29, 1.82) is 0 Å². The number of rotatable bonds is 8. The molecule has 0 atom stereocenters. The van der Waals surface area contributed by atoms with E-state index in [-0.39, 0.29) is 12.3 Å². The molecule has 3 aromatic carbocycles. The van der Waals surface area contributed by atoms with Gasteiger partial charge < -0.3 is 19.2 Å². The van der Waals surface area contributed by atoms with Gasteiger partial charge >= 0.3 is 0 Å². The van der Waals surface area contributed by atoms with Crippen molar-refractivity contribution in [2.24, 2.45) is 0 Å². The van der Waals surface area contributed by atoms with E-state index in [1.54, 1.807) is 32.4 Å². The Kier molecular flexibility index (Phi) is 6.51. The average molecular weight is 428 g/mol. The lowest BCUT2D eigenvalue weighted by atomic mass is 10.1. The summed E-state index contributed by atoms with van der Waals surface area (Å²) in [6, 6.07) is 25.0. The minimum Gasteiger partial charge on any atom is -0.497 e. The van der Waals surface area contributed by atoms with Crippen LogP contribution in [-0.4, -0.2) is 25.1 Å². The first-order chi connectivity index (χ1) is 15.7. The van der Waals surface area contributed by atoms with Crippen molar-refractivity contribution in [2.75, 3.05) is 19.5 Å². The highest BCUT2D eigenvalue weighted by molar-refractivity contribution is 5.92. The zero-order chi connectivity index (χ0) is 22.3. The van der Waals surface area contributed by atoms with Gasteiger partial charge in [0.2, 0.25) is 5.91 Å². The summed E-state index contributed by atoms with van der Waals surface area (Å²) >= 11 is 0. The predicted molar refractivity (Wildman–Crippen MR) is 124 cm³/mol. The number of amides is 1. The molecule has 32 heavy (non-hydrogen) atoms. The number of hydrogen-bond donors (Lipinski definition) is 1. The van der Waals surface area contributed by atoms with Crippen LogP contribution in [0.2, 0.25) is 0 Å². The molecule has 0 spiro atoms. The van der Waals surface area contributed by atoms with Gasteiger partial charge in [0.1, 0.15) is 17.2 Å². The highest BCUT2D eigenvalue weighted by Crippen LogP contribution is 2.33. The van der Waals surface area contributed by atoms with Crippen LogP contribution in [0.15, 0.2) is 83.3 Å². The number of benzene rings is 3. The van der Waals surface area contributed by atoms with Gasteiger partial charge in [0.05, 0.1) is 19.9 Å². The van der Waals surface area contributed by atoms with Crippen molar-refractivity contribution in [2.45, 2.75) is 12.8 Å². The third kappa shape index (κ3) is 4.81. The number of anilines is 1. The quantitative estimate of drug-likeness (QED) is 0.396. The van der Waals surface area contributed by atoms with Gasteiger partial charge in [0.25, 0.3) is 0 Å². The molecule has 1 aromatic heterocycles. The zero-order valence-electron chi connectivity index (χ0n) is 18.0. The van der Waals surface area contributed by atoms with Gasteiger partial charge in [0, 0.05) is 30.0 Å². The van der Waals surface area contributed by atoms with Crippen LogP contribution < -0.4 is 14.8 Å². The molecule has 0 aliphatic heterocycles. The van der Waals surface area contributed by atoms with Gasteiger partial charge in [-0.1, -0.05) is 60.7 Å². The second-order valence-electron chi connectivity index (χ2n) is 7.13. The third-order valence-corrected chi connectivity index (χ3v) is 5.00. The molecule has 0 saturated heterocycles. The number of aromatic nitrogens is 1. The van der Waals surface area contributed by atoms with E-state index in [0.717, 1.165) is 16.8 Å². The first-order valence-electron chi connectivity index (χ1n) is 10.3. The summed E-state index contributed by atoms with van der Waals surface area (Å²) in [5.41, 5.74) is 3.23. The maximum atomic E-state index is 12.6. The number of hydrogen-bond acceptors (Lipinski definition) is 5. The number of oxazole rings is 1. The van der Waals surface area contributed by atoms with E-state index < -0.39 is 0 Å². The van der Waals surface area contributed by atoms with Crippen LogP contribution in [0.3, 0.4) is 0 Å². The van der Waals surface area contributed by atoms with E-state index in [2.05, 4.69) is 5.32 Å². The Balaban J connectivity index is 1.53. The van der Waals surface area contributed by atoms with E-state index >= 15 is 0 Å². The Bertz CT molecular complexity index is 1130. The van der Waals surface area contributed by atoms with Crippen LogP contribution in [0.25, 0.3) is 22.6 Å². The first kappa shape index (κ1) is 21.2. The molecular formula is C26H24N2O4. The minimum absolute atomic E-state index is 0.169. The Morgan fingerprint density at radius 1 is 0.906 bits per heavy atom. The molecule has 4 aromatic rings. The maximum absolute atomic E-state index is 12.6. The average Bonchev–Trinajstić information content (AvgIpc) is 3.28. The smallest absolute Gasteiger partial charge is 0.224 e. The van der Waals surface area contributed by atoms with Crippen LogP contribution in [0.5, 0.6) is 11.5 Å². The summed E-state index contributed by atoms with van der Waals surface area (Å²) in [6.45, 7) is 0. The molecule has 6 nitrogen and oxygen atoms in total. The van der Waals surface area contributed by atoms with Gasteiger partial charge in [-0.3, -0.25) is 4.79 Å². The maximum Gasteiger partial charge on any atom is 0.224 e. The van der Waals surface area contributed by atoms with Crippen LogP contribution in [0.1, 0.15) is 12.3 Å². The Morgan fingerprint density at radius 3 is 2.25 bits per heavy atom. The van der Waals surface area contributed by atoms with Crippen LogP contribution in [-0.2, 0) is 11.2 Å². The number of nitrogens with one attached hydrogen (secondary N) is 1. The summed E-state index contributed by atoms with van der Waals surface area (Å²) in [5.74, 6) is 2.23. The lowest BCUT2D eigenvalue weighted by Crippen LogP contribution is -2.13. The molecule has 1 N–H and O–H groups in total. The van der Waals surface area contributed by atoms with Gasteiger partial charge in [-0.2, -0.15) is 0 Å². The molecule has 1 amide bonds. The molecule has 1 heterocycles. The molecule has 4 rings (SSSR count). The normalized spacial score (nSPS) is 10.6. The van der Waals surface area contributed by atoms with Crippen LogP contribution >= 0.6 is 0 Å². The van der Waals surface area contributed by atoms with E-state index in [1.165, 1.54) is 0 Å². The monoisotopic (exact) mass is 428 g/mol. The fourth-order valence-electron chi connectivity index (χ4n) is 3.39. The Morgan fingerprint density at radius 2 is 1.59 bits per heavy atom. The van der Waals surface area contributed by atoms with E-state index in [1.807, 2.05) is 60.7 Å². The summed E-state index contributed by atoms with van der Waals surface area (Å²) in [7, 11) is 3.13. The van der Waals surface area contributed by atoms with Crippen molar-refractivity contribution >= 4 is 11.6 Å². The molecule has 162 valence electrons. The molecular weight excluding hydrogens is 404 g/mol. The fraction of sp³-hybridized carbons (Fsp3) is 0.154. The number of methoxy groups -OCH3 is 2. The first-order valence-corrected chi connectivity index (χ1v) is 10.3. The van der Waals surface area contributed by atoms with Gasteiger partial charge in [0.15, 0.2) is 11.7 Å². The highest BCUT2D eigenvalue weighted by Gasteiger charge is 2.18. The number of ether oxygens (including phenoxy) is 2. The lowest BCUT2D eigenvalue weighted by molar-refractivity contribution is -0.116. The van der Waals surface area contributed by atoms with E-state index in [0.29, 0.717) is 35.3 Å². The van der Waals surface area contributed by atoms with Gasteiger partial charge in [-0.25, -0.2) is 4.98 Å². The Labute approximate surface area is 186 Å². The Hall–Kier alpha value is -4.06. The highest BCUT2D eigenvalue weighted by atomic mass is 16.5. The number of carbonyl (C=O) groups is 1. The van der Waals surface area contributed by atoms with Crippen molar-refractivity contribution in [3.05, 3.63) is 84.8 Å². The van der Waals surface area contributed by atoms with Crippen molar-refractivity contribution < 1.29 is 18.7 Å². The summed E-state index contributed by atoms with van der Waals surface area (Å²) in [4.78, 5) is 17.3. The second kappa shape index (κ2) is 9.83. The molecule has 0 bridgehead atoms. The molecule has 0 saturated carbocycles. The second-order valence-corrected chi connectivity index (χ2v) is 7.13. The number of aryl methyl sites for hydroxylation is 1. The van der Waals surface area contributed by atoms with Gasteiger partial charge in [-0.05, 0) is 12.1 Å². The van der Waals surface area contributed by atoms with Gasteiger partial charge in [-0.15, -0.1) is 0 Å². The third-order valence-electron chi connectivity index (χ3n) is 5.00. The minimum atomic E-state index is -0.169. The molecule has 0 radical (unpaired) electrons. The van der Waals surface area contributed by atoms with Crippen molar-refractivity contribution in [3.8, 4) is 34.1 Å². The van der Waals surface area contributed by atoms with E-state index in [9.17, 15) is 4.79 Å². The molecule has 0 aliphatic rings. The number of carbonyl (C=O) groups excluding carboxylic acids is 1. The van der Waals surface area contributed by atoms with Crippen LogP contribution in [0.4, 0.5) is 5.69 Å². The molecule has 0 fully saturated rings. The summed E-state index contributed by atoms with van der Waals surface area (Å²) in [5, 5.41) is 2.88. The lowest BCUT2D eigenvalue weighted by Gasteiger charge is -2.11. The van der Waals surface area contributed by atoms with Crippen molar-refractivity contribution in [3.63, 3.8) is 0 Å². The summed E-state index contributed by atoms with van der Waals surface area (Å²) < 4.78 is 16.7. The summed E-state index contributed by atoms with van der Waals surface area (Å²) in [6.07, 6.45) is 0.578. The molecule has 0 aliphatic carbocycles. The zero-order valence-corrected chi connectivity index (χ0v) is 18.0. The molecule has 6 heteroatoms. The number of nitrogens with zero attached hydrogens (tertiary/aromatic N) is 1. The largest absolute Gasteiger partial charge is 0.497 e. The molecule has 0 unspecified atom stereocenters. The standard InChI is InChI=1S/C26H24N2O4/c1-30-20-13-14-22(31-2)21(17-20)27-23(29)15-16-24-28-25(18-9-5-3-6-10-18)26(32-24)19-11-7-4-8-12-19/h3-14,17H,15-16H2,1-2H3,(H,27,29). The fourth-order valence-corrected chi connectivity index (χ4v) is 3.39. The van der Waals surface area contributed by atoms with E-state index in [4.69, 9.17) is 18.9 Å². The topological polar surface area (TPSA) is 73.6 Å². The predicted octanol–water partition coefficient (Wildman–Crippen LogP) is 5.60. The van der Waals surface area contributed by atoms with Crippen molar-refractivity contribution in [1.82, 2.24) is 4.98 Å².